The predicted octanol–water partition coefficient (Wildman–Crippen LogP) is 3.82. The SMILES string of the molecule is Cc1ccc(NC(=O)[C@H](OC(=O)c2cc[n+]([O-])cc2)c2ccccc2)cc1Cl. The third-order valence-corrected chi connectivity index (χ3v) is 4.45. The van der Waals surface area contributed by atoms with Crippen molar-refractivity contribution >= 4 is 29.2 Å². The minimum atomic E-state index is -1.17. The molecule has 2 aromatic carbocycles. The van der Waals surface area contributed by atoms with Crippen LogP contribution in [0.3, 0.4) is 0 Å². The molecule has 142 valence electrons. The van der Waals surface area contributed by atoms with Crippen molar-refractivity contribution in [1.29, 1.82) is 0 Å². The third-order valence-electron chi connectivity index (χ3n) is 4.04. The van der Waals surface area contributed by atoms with E-state index in [-0.39, 0.29) is 5.56 Å². The van der Waals surface area contributed by atoms with Gasteiger partial charge in [0.15, 0.2) is 12.4 Å². The van der Waals surface area contributed by atoms with Crippen LogP contribution < -0.4 is 10.0 Å². The zero-order chi connectivity index (χ0) is 20.1. The van der Waals surface area contributed by atoms with E-state index in [0.717, 1.165) is 5.56 Å². The molecule has 6 nitrogen and oxygen atoms in total. The summed E-state index contributed by atoms with van der Waals surface area (Å²) in [7, 11) is 0. The lowest BCUT2D eigenvalue weighted by molar-refractivity contribution is -0.605. The lowest BCUT2D eigenvalue weighted by Crippen LogP contribution is -2.27. The molecule has 3 rings (SSSR count). The number of halogens is 1. The van der Waals surface area contributed by atoms with Gasteiger partial charge in [-0.3, -0.25) is 4.79 Å². The van der Waals surface area contributed by atoms with Crippen LogP contribution in [0.4, 0.5) is 5.69 Å². The van der Waals surface area contributed by atoms with E-state index in [1.165, 1.54) is 24.5 Å². The number of aryl methyl sites for hydroxylation is 1. The van der Waals surface area contributed by atoms with Crippen LogP contribution in [-0.2, 0) is 9.53 Å². The Morgan fingerprint density at radius 2 is 1.75 bits per heavy atom. The Morgan fingerprint density at radius 3 is 2.39 bits per heavy atom. The quantitative estimate of drug-likeness (QED) is 0.404. The van der Waals surface area contributed by atoms with Crippen molar-refractivity contribution < 1.29 is 19.1 Å². The number of ether oxygens (including phenoxy) is 1. The van der Waals surface area contributed by atoms with Crippen molar-refractivity contribution in [2.24, 2.45) is 0 Å². The largest absolute Gasteiger partial charge is 0.619 e. The van der Waals surface area contributed by atoms with E-state index >= 15 is 0 Å². The van der Waals surface area contributed by atoms with Gasteiger partial charge in [-0.1, -0.05) is 48.0 Å². The van der Waals surface area contributed by atoms with Crippen molar-refractivity contribution in [2.75, 3.05) is 5.32 Å². The summed E-state index contributed by atoms with van der Waals surface area (Å²) in [5, 5.41) is 14.4. The fraction of sp³-hybridized carbons (Fsp3) is 0.0952. The summed E-state index contributed by atoms with van der Waals surface area (Å²) in [4.78, 5) is 25.3. The first kappa shape index (κ1) is 19.4. The first-order valence-electron chi connectivity index (χ1n) is 8.46. The van der Waals surface area contributed by atoms with Gasteiger partial charge in [-0.25, -0.2) is 4.79 Å². The lowest BCUT2D eigenvalue weighted by Gasteiger charge is -2.18. The van der Waals surface area contributed by atoms with E-state index in [2.05, 4.69) is 5.32 Å². The maximum absolute atomic E-state index is 12.8. The highest BCUT2D eigenvalue weighted by molar-refractivity contribution is 6.31. The minimum absolute atomic E-state index is 0.166. The molecule has 3 aromatic rings. The summed E-state index contributed by atoms with van der Waals surface area (Å²) in [5.74, 6) is -1.24. The molecule has 7 heteroatoms. The molecule has 1 aromatic heterocycles. The topological polar surface area (TPSA) is 82.3 Å². The smallest absolute Gasteiger partial charge is 0.339 e. The molecule has 0 spiro atoms. The average Bonchev–Trinajstić information content (AvgIpc) is 2.70. The number of hydrogen-bond donors (Lipinski definition) is 1. The van der Waals surface area contributed by atoms with Gasteiger partial charge in [-0.05, 0) is 24.6 Å². The molecule has 0 aliphatic heterocycles. The third kappa shape index (κ3) is 4.66. The van der Waals surface area contributed by atoms with Crippen LogP contribution in [0, 0.1) is 12.1 Å². The second kappa shape index (κ2) is 8.54. The van der Waals surface area contributed by atoms with Gasteiger partial charge in [0.25, 0.3) is 5.91 Å². The maximum Gasteiger partial charge on any atom is 0.339 e. The van der Waals surface area contributed by atoms with Crippen LogP contribution in [0.15, 0.2) is 73.1 Å². The summed E-state index contributed by atoms with van der Waals surface area (Å²) in [6, 6.07) is 16.4. The molecule has 0 saturated carbocycles. The van der Waals surface area contributed by atoms with Gasteiger partial charge in [0.1, 0.15) is 0 Å². The van der Waals surface area contributed by atoms with Crippen molar-refractivity contribution in [2.45, 2.75) is 13.0 Å². The number of rotatable bonds is 5. The molecular formula is C21H17ClN2O4. The molecule has 0 bridgehead atoms. The van der Waals surface area contributed by atoms with Crippen molar-refractivity contribution in [1.82, 2.24) is 0 Å². The van der Waals surface area contributed by atoms with Crippen LogP contribution in [-0.4, -0.2) is 11.9 Å². The van der Waals surface area contributed by atoms with Crippen LogP contribution in [0.25, 0.3) is 0 Å². The van der Waals surface area contributed by atoms with E-state index in [1.807, 2.05) is 6.92 Å². The summed E-state index contributed by atoms with van der Waals surface area (Å²) in [6.07, 6.45) is 1.19. The molecule has 0 aliphatic carbocycles. The Morgan fingerprint density at radius 1 is 1.07 bits per heavy atom. The van der Waals surface area contributed by atoms with Gasteiger partial charge < -0.3 is 15.3 Å². The molecule has 0 radical (unpaired) electrons. The van der Waals surface area contributed by atoms with Gasteiger partial charge in [-0.15, -0.1) is 0 Å². The number of carbonyl (C=O) groups is 2. The van der Waals surface area contributed by atoms with E-state index < -0.39 is 18.0 Å². The number of nitrogens with zero attached hydrogens (tertiary/aromatic N) is 1. The fourth-order valence-corrected chi connectivity index (χ4v) is 2.68. The Balaban J connectivity index is 1.84. The Labute approximate surface area is 166 Å². The van der Waals surface area contributed by atoms with Crippen LogP contribution in [0.2, 0.25) is 5.02 Å². The highest BCUT2D eigenvalue weighted by atomic mass is 35.5. The van der Waals surface area contributed by atoms with E-state index in [0.29, 0.717) is 21.0 Å². The minimum Gasteiger partial charge on any atom is -0.619 e. The second-order valence-electron chi connectivity index (χ2n) is 6.10. The van der Waals surface area contributed by atoms with Gasteiger partial charge in [-0.2, -0.15) is 4.73 Å². The van der Waals surface area contributed by atoms with E-state index in [1.54, 1.807) is 48.5 Å². The predicted molar refractivity (Wildman–Crippen MR) is 105 cm³/mol. The van der Waals surface area contributed by atoms with Crippen LogP contribution in [0.1, 0.15) is 27.6 Å². The Kier molecular flexibility index (Phi) is 5.91. The molecule has 0 saturated heterocycles. The zero-order valence-corrected chi connectivity index (χ0v) is 15.7. The van der Waals surface area contributed by atoms with Crippen molar-refractivity contribution in [3.63, 3.8) is 0 Å². The van der Waals surface area contributed by atoms with Crippen LogP contribution in [0.5, 0.6) is 0 Å². The monoisotopic (exact) mass is 396 g/mol. The molecule has 0 aliphatic rings. The standard InChI is InChI=1S/C21H17ClN2O4/c1-14-7-8-17(13-18(14)22)23-20(25)19(15-5-3-2-4-6-15)28-21(26)16-9-11-24(27)12-10-16/h2-13,19H,1H3,(H,23,25)/t19-/m1/s1. The Bertz CT molecular complexity index is 991. The van der Waals surface area contributed by atoms with Crippen molar-refractivity contribution in [3.05, 3.63) is 100.0 Å². The van der Waals surface area contributed by atoms with Gasteiger partial charge >= 0.3 is 5.97 Å². The lowest BCUT2D eigenvalue weighted by atomic mass is 10.1. The zero-order valence-electron chi connectivity index (χ0n) is 15.0. The maximum atomic E-state index is 12.8. The Hall–Kier alpha value is -3.38. The van der Waals surface area contributed by atoms with Crippen LogP contribution >= 0.6 is 11.6 Å². The number of benzene rings is 2. The molecule has 1 amide bonds. The number of amides is 1. The highest BCUT2D eigenvalue weighted by Gasteiger charge is 2.26. The molecule has 1 heterocycles. The molecule has 1 N–H and O–H groups in total. The number of anilines is 1. The molecule has 0 unspecified atom stereocenters. The number of carbonyl (C=O) groups excluding carboxylic acids is 2. The first-order chi connectivity index (χ1) is 13.4. The fourth-order valence-electron chi connectivity index (χ4n) is 2.50. The normalized spacial score (nSPS) is 11.5. The highest BCUT2D eigenvalue weighted by Crippen LogP contribution is 2.24. The van der Waals surface area contributed by atoms with Gasteiger partial charge in [0.2, 0.25) is 6.10 Å². The summed E-state index contributed by atoms with van der Waals surface area (Å²) in [6.45, 7) is 1.86. The number of esters is 1. The van der Waals surface area contributed by atoms with Gasteiger partial charge in [0, 0.05) is 28.4 Å². The number of pyridine rings is 1. The van der Waals surface area contributed by atoms with E-state index in [4.69, 9.17) is 16.3 Å². The van der Waals surface area contributed by atoms with Crippen molar-refractivity contribution in [3.8, 4) is 0 Å². The number of hydrogen-bond acceptors (Lipinski definition) is 4. The second-order valence-corrected chi connectivity index (χ2v) is 6.50. The number of nitrogens with one attached hydrogen (secondary N) is 1. The first-order valence-corrected chi connectivity index (χ1v) is 8.83. The molecule has 28 heavy (non-hydrogen) atoms. The molecule has 1 atom stereocenters. The summed E-state index contributed by atoms with van der Waals surface area (Å²) in [5.41, 5.74) is 2.05. The van der Waals surface area contributed by atoms with E-state index in [9.17, 15) is 14.8 Å². The van der Waals surface area contributed by atoms with Gasteiger partial charge in [0.05, 0.1) is 5.56 Å². The molecular weight excluding hydrogens is 380 g/mol. The molecule has 0 fully saturated rings. The summed E-state index contributed by atoms with van der Waals surface area (Å²) < 4.78 is 6.01. The summed E-state index contributed by atoms with van der Waals surface area (Å²) >= 11 is 6.11. The number of aromatic nitrogens is 1. The average molecular weight is 397 g/mol.